The van der Waals surface area contributed by atoms with E-state index in [-0.39, 0.29) is 24.2 Å². The lowest BCUT2D eigenvalue weighted by atomic mass is 10.00. The lowest BCUT2D eigenvalue weighted by Gasteiger charge is -2.35. The summed E-state index contributed by atoms with van der Waals surface area (Å²) in [4.78, 5) is 29.1. The van der Waals surface area contributed by atoms with Crippen LogP contribution in [0.5, 0.6) is 0 Å². The molecular weight excluding hydrogens is 336 g/mol. The number of aromatic nitrogens is 2. The molecule has 0 unspecified atom stereocenters. The maximum atomic E-state index is 12.7. The molecule has 1 aliphatic heterocycles. The van der Waals surface area contributed by atoms with Gasteiger partial charge in [0.05, 0.1) is 4.88 Å². The summed E-state index contributed by atoms with van der Waals surface area (Å²) in [6.45, 7) is 4.81. The highest BCUT2D eigenvalue weighted by atomic mass is 32.1. The number of hydrogen-bond acceptors (Lipinski definition) is 5. The van der Waals surface area contributed by atoms with Crippen LogP contribution in [0.25, 0.3) is 10.6 Å². The number of nitrogen functional groups attached to an aromatic ring is 1. The van der Waals surface area contributed by atoms with Gasteiger partial charge in [-0.15, -0.1) is 11.3 Å². The summed E-state index contributed by atoms with van der Waals surface area (Å²) < 4.78 is 1.21. The van der Waals surface area contributed by atoms with Gasteiger partial charge in [0.1, 0.15) is 17.9 Å². The first kappa shape index (κ1) is 17.7. The number of nitrogens with zero attached hydrogens (tertiary/aromatic N) is 3. The molecule has 1 atom stereocenters. The van der Waals surface area contributed by atoms with Gasteiger partial charge in [0, 0.05) is 17.5 Å². The topological polar surface area (TPSA) is 81.2 Å². The molecule has 2 aromatic rings. The number of carbonyl (C=O) groups is 1. The van der Waals surface area contributed by atoms with E-state index in [0.717, 1.165) is 42.0 Å². The van der Waals surface area contributed by atoms with Crippen LogP contribution in [0.3, 0.4) is 0 Å². The zero-order valence-electron chi connectivity index (χ0n) is 14.7. The van der Waals surface area contributed by atoms with Crippen molar-refractivity contribution < 1.29 is 4.79 Å². The average Bonchev–Trinajstić information content (AvgIpc) is 3.05. The number of thiophene rings is 1. The highest BCUT2D eigenvalue weighted by Gasteiger charge is 2.26. The number of piperidine rings is 1. The number of nitrogens with two attached hydrogens (primary N) is 1. The van der Waals surface area contributed by atoms with Crippen LogP contribution < -0.4 is 11.3 Å². The van der Waals surface area contributed by atoms with Crippen molar-refractivity contribution in [3.63, 3.8) is 0 Å². The summed E-state index contributed by atoms with van der Waals surface area (Å²) in [5.41, 5.74) is 6.23. The van der Waals surface area contributed by atoms with E-state index in [9.17, 15) is 9.59 Å². The molecule has 2 aromatic heterocycles. The molecule has 1 fully saturated rings. The molecule has 1 amide bonds. The third-order valence-corrected chi connectivity index (χ3v) is 5.72. The van der Waals surface area contributed by atoms with Crippen LogP contribution >= 0.6 is 11.3 Å². The number of rotatable bonds is 4. The molecule has 0 aromatic carbocycles. The van der Waals surface area contributed by atoms with Gasteiger partial charge in [0.2, 0.25) is 5.91 Å². The van der Waals surface area contributed by atoms with Gasteiger partial charge in [0.15, 0.2) is 0 Å². The highest BCUT2D eigenvalue weighted by Crippen LogP contribution is 2.26. The first-order chi connectivity index (χ1) is 12.0. The highest BCUT2D eigenvalue weighted by molar-refractivity contribution is 7.15. The second-order valence-electron chi connectivity index (χ2n) is 6.50. The van der Waals surface area contributed by atoms with Crippen molar-refractivity contribution in [1.82, 2.24) is 14.7 Å². The van der Waals surface area contributed by atoms with Crippen molar-refractivity contribution in [3.05, 3.63) is 33.4 Å². The molecule has 0 bridgehead atoms. The predicted molar refractivity (Wildman–Crippen MR) is 101 cm³/mol. The smallest absolute Gasteiger partial charge is 0.290 e. The molecule has 7 heteroatoms. The number of carbonyl (C=O) groups excluding carboxylic acids is 1. The van der Waals surface area contributed by atoms with Crippen LogP contribution in [-0.2, 0) is 11.3 Å². The van der Waals surface area contributed by atoms with Crippen molar-refractivity contribution in [1.29, 1.82) is 0 Å². The van der Waals surface area contributed by atoms with Crippen molar-refractivity contribution in [2.24, 2.45) is 0 Å². The molecule has 1 saturated heterocycles. The minimum atomic E-state index is -0.407. The van der Waals surface area contributed by atoms with Gasteiger partial charge in [-0.05, 0) is 50.8 Å². The largest absolute Gasteiger partial charge is 0.394 e. The van der Waals surface area contributed by atoms with E-state index in [4.69, 9.17) is 5.73 Å². The van der Waals surface area contributed by atoms with Crippen LogP contribution in [0.2, 0.25) is 0 Å². The molecule has 3 heterocycles. The molecule has 25 heavy (non-hydrogen) atoms. The second kappa shape index (κ2) is 7.39. The van der Waals surface area contributed by atoms with Crippen LogP contribution in [0, 0.1) is 6.92 Å². The van der Waals surface area contributed by atoms with E-state index in [1.807, 2.05) is 24.0 Å². The van der Waals surface area contributed by atoms with Gasteiger partial charge in [-0.3, -0.25) is 9.59 Å². The number of likely N-dealkylation sites (tertiary alicyclic amines) is 1. The molecule has 6 nitrogen and oxygen atoms in total. The number of aryl methyl sites for hydroxylation is 1. The minimum Gasteiger partial charge on any atom is -0.394 e. The SMILES string of the molecule is CC[C@@H]1CCCCN1C(=O)Cn1nc(-c2ccc(C)s2)cc(N)c1=O. The van der Waals surface area contributed by atoms with Gasteiger partial charge in [-0.2, -0.15) is 5.10 Å². The second-order valence-corrected chi connectivity index (χ2v) is 7.79. The number of anilines is 1. The molecule has 2 N–H and O–H groups in total. The summed E-state index contributed by atoms with van der Waals surface area (Å²) >= 11 is 1.59. The van der Waals surface area contributed by atoms with Crippen LogP contribution in [-0.4, -0.2) is 33.2 Å². The zero-order valence-corrected chi connectivity index (χ0v) is 15.5. The zero-order chi connectivity index (χ0) is 18.0. The molecule has 0 spiro atoms. The van der Waals surface area contributed by atoms with E-state index in [1.165, 1.54) is 4.68 Å². The molecule has 3 rings (SSSR count). The summed E-state index contributed by atoms with van der Waals surface area (Å²) in [6, 6.07) is 5.80. The number of hydrogen-bond donors (Lipinski definition) is 1. The van der Waals surface area contributed by atoms with Crippen molar-refractivity contribution in [2.45, 2.75) is 52.1 Å². The summed E-state index contributed by atoms with van der Waals surface area (Å²) in [5, 5.41) is 4.39. The van der Waals surface area contributed by atoms with Gasteiger partial charge in [0.25, 0.3) is 5.56 Å². The summed E-state index contributed by atoms with van der Waals surface area (Å²) in [7, 11) is 0. The van der Waals surface area contributed by atoms with Crippen molar-refractivity contribution >= 4 is 22.9 Å². The van der Waals surface area contributed by atoms with Gasteiger partial charge in [-0.1, -0.05) is 6.92 Å². The molecule has 134 valence electrons. The normalized spacial score (nSPS) is 17.7. The molecular formula is C18H24N4O2S. The first-order valence-corrected chi connectivity index (χ1v) is 9.55. The monoisotopic (exact) mass is 360 g/mol. The maximum Gasteiger partial charge on any atom is 0.290 e. The van der Waals surface area contributed by atoms with E-state index >= 15 is 0 Å². The Balaban J connectivity index is 1.87. The number of amides is 1. The Morgan fingerprint density at radius 2 is 2.20 bits per heavy atom. The Morgan fingerprint density at radius 3 is 2.88 bits per heavy atom. The van der Waals surface area contributed by atoms with E-state index in [0.29, 0.717) is 5.69 Å². The Kier molecular flexibility index (Phi) is 5.22. The Labute approximate surface area is 151 Å². The van der Waals surface area contributed by atoms with Gasteiger partial charge >= 0.3 is 0 Å². The quantitative estimate of drug-likeness (QED) is 0.909. The first-order valence-electron chi connectivity index (χ1n) is 8.73. The summed E-state index contributed by atoms with van der Waals surface area (Å²) in [5.74, 6) is -0.0555. The predicted octanol–water partition coefficient (Wildman–Crippen LogP) is 2.65. The third kappa shape index (κ3) is 3.76. The van der Waals surface area contributed by atoms with E-state index in [1.54, 1.807) is 17.4 Å². The summed E-state index contributed by atoms with van der Waals surface area (Å²) in [6.07, 6.45) is 4.13. The fourth-order valence-electron chi connectivity index (χ4n) is 3.33. The van der Waals surface area contributed by atoms with Gasteiger partial charge in [-0.25, -0.2) is 4.68 Å². The molecule has 0 radical (unpaired) electrons. The van der Waals surface area contributed by atoms with E-state index in [2.05, 4.69) is 12.0 Å². The van der Waals surface area contributed by atoms with Crippen molar-refractivity contribution in [2.75, 3.05) is 12.3 Å². The van der Waals surface area contributed by atoms with Crippen molar-refractivity contribution in [3.8, 4) is 10.6 Å². The van der Waals surface area contributed by atoms with Crippen LogP contribution in [0.4, 0.5) is 5.69 Å². The minimum absolute atomic E-state index is 0.0555. The Bertz CT molecular complexity index is 827. The molecule has 0 aliphatic carbocycles. The average molecular weight is 360 g/mol. The lowest BCUT2D eigenvalue weighted by Crippen LogP contribution is -2.46. The van der Waals surface area contributed by atoms with Gasteiger partial charge < -0.3 is 10.6 Å². The molecule has 1 aliphatic rings. The maximum absolute atomic E-state index is 12.7. The lowest BCUT2D eigenvalue weighted by molar-refractivity contribution is -0.135. The van der Waals surface area contributed by atoms with Crippen LogP contribution in [0.15, 0.2) is 23.0 Å². The Morgan fingerprint density at radius 1 is 1.40 bits per heavy atom. The molecule has 0 saturated carbocycles. The fraction of sp³-hybridized carbons (Fsp3) is 0.500. The fourth-order valence-corrected chi connectivity index (χ4v) is 4.16. The standard InChI is InChI=1S/C18H24N4O2S/c1-3-13-6-4-5-9-21(13)17(23)11-22-18(24)14(19)10-15(20-22)16-8-7-12(2)25-16/h7-8,10,13H,3-6,9,11,19H2,1-2H3/t13-/m1/s1. The van der Waals surface area contributed by atoms with Crippen LogP contribution in [0.1, 0.15) is 37.5 Å². The third-order valence-electron chi connectivity index (χ3n) is 4.70. The van der Waals surface area contributed by atoms with E-state index < -0.39 is 5.56 Å². The Hall–Kier alpha value is -2.15.